The van der Waals surface area contributed by atoms with E-state index >= 15 is 0 Å². The SMILES string of the molecule is C=CCn1c(=O)c2cnc(N3CCN(CC)CC3)nc2n1-c1cccc(C(C)(C)O)n1. The molecule has 9 heteroatoms. The lowest BCUT2D eigenvalue weighted by Gasteiger charge is -2.33. The highest BCUT2D eigenvalue weighted by atomic mass is 16.3. The molecule has 0 radical (unpaired) electrons. The predicted octanol–water partition coefficient (Wildman–Crippen LogP) is 1.53. The molecule has 1 aliphatic heterocycles. The van der Waals surface area contributed by atoms with Gasteiger partial charge in [-0.2, -0.15) is 4.98 Å². The van der Waals surface area contributed by atoms with E-state index < -0.39 is 5.60 Å². The van der Waals surface area contributed by atoms with E-state index in [0.717, 1.165) is 32.7 Å². The zero-order valence-corrected chi connectivity index (χ0v) is 18.3. The number of likely N-dealkylation sites (N-methyl/N-ethyl adjacent to an activating group) is 1. The normalized spacial score (nSPS) is 15.5. The topological polar surface area (TPSA) is 92.3 Å². The molecule has 0 unspecified atom stereocenters. The first-order chi connectivity index (χ1) is 14.8. The Hall–Kier alpha value is -3.04. The lowest BCUT2D eigenvalue weighted by Crippen LogP contribution is -2.46. The van der Waals surface area contributed by atoms with Gasteiger partial charge in [-0.1, -0.05) is 19.1 Å². The molecule has 1 N–H and O–H groups in total. The Bertz CT molecular complexity index is 1150. The molecule has 31 heavy (non-hydrogen) atoms. The Morgan fingerprint density at radius 2 is 1.94 bits per heavy atom. The first-order valence-corrected chi connectivity index (χ1v) is 10.6. The standard InChI is InChI=1S/C22H29N7O2/c1-5-10-28-20(30)16-15-23-21(27-13-11-26(6-2)12-14-27)25-19(16)29(28)18-9-7-8-17(24-18)22(3,4)31/h5,7-9,15,31H,1,6,10-14H2,2-4H3. The van der Waals surface area contributed by atoms with Gasteiger partial charge in [0.25, 0.3) is 5.56 Å². The summed E-state index contributed by atoms with van der Waals surface area (Å²) < 4.78 is 3.24. The van der Waals surface area contributed by atoms with Crippen LogP contribution in [-0.4, -0.2) is 67.0 Å². The minimum Gasteiger partial charge on any atom is -0.384 e. The fourth-order valence-electron chi connectivity index (χ4n) is 3.84. The molecular formula is C22H29N7O2. The highest BCUT2D eigenvalue weighted by molar-refractivity contribution is 5.76. The highest BCUT2D eigenvalue weighted by Crippen LogP contribution is 2.22. The minimum atomic E-state index is -1.11. The zero-order valence-electron chi connectivity index (χ0n) is 18.3. The number of nitrogens with zero attached hydrogens (tertiary/aromatic N) is 7. The van der Waals surface area contributed by atoms with Crippen LogP contribution in [0, 0.1) is 0 Å². The third kappa shape index (κ3) is 3.98. The Kier molecular flexibility index (Phi) is 5.63. The van der Waals surface area contributed by atoms with E-state index in [9.17, 15) is 9.90 Å². The second kappa shape index (κ2) is 8.24. The van der Waals surface area contributed by atoms with Crippen LogP contribution in [0.4, 0.5) is 5.95 Å². The molecule has 3 aromatic rings. The van der Waals surface area contributed by atoms with E-state index in [1.807, 2.05) is 6.07 Å². The van der Waals surface area contributed by atoms with Gasteiger partial charge in [-0.05, 0) is 32.5 Å². The van der Waals surface area contributed by atoms with Gasteiger partial charge >= 0.3 is 0 Å². The smallest absolute Gasteiger partial charge is 0.278 e. The summed E-state index contributed by atoms with van der Waals surface area (Å²) in [7, 11) is 0. The van der Waals surface area contributed by atoms with Gasteiger partial charge in [-0.15, -0.1) is 6.58 Å². The molecule has 1 fully saturated rings. The molecule has 4 heterocycles. The van der Waals surface area contributed by atoms with Crippen LogP contribution in [0.5, 0.6) is 0 Å². The van der Waals surface area contributed by atoms with Crippen molar-refractivity contribution in [3.8, 4) is 5.82 Å². The summed E-state index contributed by atoms with van der Waals surface area (Å²) in [6.45, 7) is 14.2. The van der Waals surface area contributed by atoms with Crippen LogP contribution in [0.1, 0.15) is 26.5 Å². The Morgan fingerprint density at radius 3 is 2.58 bits per heavy atom. The molecule has 1 saturated heterocycles. The van der Waals surface area contributed by atoms with Crippen molar-refractivity contribution in [1.29, 1.82) is 0 Å². The Balaban J connectivity index is 1.86. The van der Waals surface area contributed by atoms with Crippen molar-refractivity contribution in [1.82, 2.24) is 29.2 Å². The van der Waals surface area contributed by atoms with E-state index in [1.165, 1.54) is 0 Å². The van der Waals surface area contributed by atoms with E-state index in [0.29, 0.717) is 35.0 Å². The fourth-order valence-corrected chi connectivity index (χ4v) is 3.84. The van der Waals surface area contributed by atoms with Gasteiger partial charge in [0.2, 0.25) is 5.95 Å². The first kappa shape index (κ1) is 21.2. The van der Waals surface area contributed by atoms with E-state index in [4.69, 9.17) is 4.98 Å². The average Bonchev–Trinajstić information content (AvgIpc) is 3.04. The number of aliphatic hydroxyl groups is 1. The molecule has 0 saturated carbocycles. The summed E-state index contributed by atoms with van der Waals surface area (Å²) in [5, 5.41) is 10.8. The van der Waals surface area contributed by atoms with E-state index in [1.54, 1.807) is 47.6 Å². The summed E-state index contributed by atoms with van der Waals surface area (Å²) >= 11 is 0. The predicted molar refractivity (Wildman–Crippen MR) is 121 cm³/mol. The molecule has 0 aliphatic carbocycles. The van der Waals surface area contributed by atoms with Crippen LogP contribution in [0.2, 0.25) is 0 Å². The van der Waals surface area contributed by atoms with Gasteiger partial charge in [0, 0.05) is 32.4 Å². The lowest BCUT2D eigenvalue weighted by molar-refractivity contribution is 0.0738. The number of fused-ring (bicyclic) bond motifs is 1. The van der Waals surface area contributed by atoms with Crippen molar-refractivity contribution in [3.05, 3.63) is 53.1 Å². The van der Waals surface area contributed by atoms with Crippen LogP contribution >= 0.6 is 0 Å². The number of hydrogen-bond donors (Lipinski definition) is 1. The molecule has 0 spiro atoms. The van der Waals surface area contributed by atoms with Crippen LogP contribution in [-0.2, 0) is 12.1 Å². The Morgan fingerprint density at radius 1 is 1.19 bits per heavy atom. The van der Waals surface area contributed by atoms with Gasteiger partial charge < -0.3 is 14.9 Å². The minimum absolute atomic E-state index is 0.201. The molecule has 9 nitrogen and oxygen atoms in total. The second-order valence-corrected chi connectivity index (χ2v) is 8.26. The molecule has 3 aromatic heterocycles. The van der Waals surface area contributed by atoms with Gasteiger partial charge in [-0.25, -0.2) is 19.3 Å². The molecule has 4 rings (SSSR count). The van der Waals surface area contributed by atoms with E-state index in [2.05, 4.69) is 33.3 Å². The van der Waals surface area contributed by atoms with E-state index in [-0.39, 0.29) is 5.56 Å². The third-order valence-corrected chi connectivity index (χ3v) is 5.65. The molecule has 1 aliphatic rings. The van der Waals surface area contributed by atoms with Crippen LogP contribution in [0.25, 0.3) is 16.9 Å². The van der Waals surface area contributed by atoms with Crippen molar-refractivity contribution >= 4 is 17.0 Å². The number of allylic oxidation sites excluding steroid dienone is 1. The van der Waals surface area contributed by atoms with Gasteiger partial charge in [0.15, 0.2) is 11.5 Å². The molecule has 0 atom stereocenters. The number of hydrogen-bond acceptors (Lipinski definition) is 7. The van der Waals surface area contributed by atoms with Gasteiger partial charge in [0.05, 0.1) is 12.2 Å². The number of rotatable bonds is 6. The third-order valence-electron chi connectivity index (χ3n) is 5.65. The number of aromatic nitrogens is 5. The summed E-state index contributed by atoms with van der Waals surface area (Å²) in [5.74, 6) is 1.11. The monoisotopic (exact) mass is 423 g/mol. The molecule has 0 aromatic carbocycles. The second-order valence-electron chi connectivity index (χ2n) is 8.26. The maximum atomic E-state index is 13.1. The lowest BCUT2D eigenvalue weighted by atomic mass is 10.1. The van der Waals surface area contributed by atoms with Crippen LogP contribution in [0.3, 0.4) is 0 Å². The summed E-state index contributed by atoms with van der Waals surface area (Å²) in [5.41, 5.74) is -0.306. The van der Waals surface area contributed by atoms with Crippen molar-refractivity contribution in [2.45, 2.75) is 32.9 Å². The first-order valence-electron chi connectivity index (χ1n) is 10.6. The van der Waals surface area contributed by atoms with Crippen molar-refractivity contribution in [2.75, 3.05) is 37.6 Å². The van der Waals surface area contributed by atoms with Crippen LogP contribution in [0.15, 0.2) is 41.8 Å². The molecular weight excluding hydrogens is 394 g/mol. The molecule has 0 bridgehead atoms. The quantitative estimate of drug-likeness (QED) is 0.601. The van der Waals surface area contributed by atoms with Gasteiger partial charge in [0.1, 0.15) is 11.0 Å². The van der Waals surface area contributed by atoms with Crippen molar-refractivity contribution < 1.29 is 5.11 Å². The summed E-state index contributed by atoms with van der Waals surface area (Å²) in [6.07, 6.45) is 3.26. The molecule has 0 amide bonds. The number of anilines is 1. The largest absolute Gasteiger partial charge is 0.384 e. The maximum absolute atomic E-state index is 13.1. The maximum Gasteiger partial charge on any atom is 0.278 e. The zero-order chi connectivity index (χ0) is 22.2. The highest BCUT2D eigenvalue weighted by Gasteiger charge is 2.23. The fraction of sp³-hybridized carbons (Fsp3) is 0.455. The number of pyridine rings is 1. The number of piperazine rings is 1. The van der Waals surface area contributed by atoms with Gasteiger partial charge in [-0.3, -0.25) is 4.79 Å². The summed E-state index contributed by atoms with van der Waals surface area (Å²) in [4.78, 5) is 31.5. The van der Waals surface area contributed by atoms with Crippen molar-refractivity contribution in [2.24, 2.45) is 0 Å². The summed E-state index contributed by atoms with van der Waals surface area (Å²) in [6, 6.07) is 5.38. The molecule has 164 valence electrons. The van der Waals surface area contributed by atoms with Crippen LogP contribution < -0.4 is 10.5 Å². The van der Waals surface area contributed by atoms with Crippen molar-refractivity contribution in [3.63, 3.8) is 0 Å². The average molecular weight is 424 g/mol. The Labute approximate surface area is 181 Å².